The van der Waals surface area contributed by atoms with E-state index in [0.29, 0.717) is 26.1 Å². The van der Waals surface area contributed by atoms with Crippen LogP contribution in [-0.2, 0) is 9.59 Å². The van der Waals surface area contributed by atoms with Crippen LogP contribution in [0, 0.1) is 5.41 Å². The van der Waals surface area contributed by atoms with Gasteiger partial charge in [-0.3, -0.25) is 9.59 Å². The first kappa shape index (κ1) is 17.5. The molecule has 2 saturated heterocycles. The van der Waals surface area contributed by atoms with Gasteiger partial charge in [0.2, 0.25) is 5.91 Å². The molecule has 0 aromatic heterocycles. The number of nitrogens with zero attached hydrogens (tertiary/aromatic N) is 1. The van der Waals surface area contributed by atoms with Gasteiger partial charge < -0.3 is 20.1 Å². The van der Waals surface area contributed by atoms with Crippen LogP contribution in [0.5, 0.6) is 5.75 Å². The summed E-state index contributed by atoms with van der Waals surface area (Å²) in [5.74, 6) is -0.440. The number of benzene rings is 1. The summed E-state index contributed by atoms with van der Waals surface area (Å²) < 4.78 is 5.24. The number of carboxylic acids is 1. The molecule has 2 fully saturated rings. The van der Waals surface area contributed by atoms with E-state index in [1.54, 1.807) is 12.0 Å². The van der Waals surface area contributed by atoms with Gasteiger partial charge in [0.25, 0.3) is 0 Å². The summed E-state index contributed by atoms with van der Waals surface area (Å²) in [5.41, 5.74) is 1.07. The highest BCUT2D eigenvalue weighted by atomic mass is 16.5. The van der Waals surface area contributed by atoms with E-state index in [4.69, 9.17) is 4.74 Å². The Hall–Kier alpha value is -2.34. The first-order valence-corrected chi connectivity index (χ1v) is 8.62. The van der Waals surface area contributed by atoms with Crippen LogP contribution < -0.4 is 10.1 Å². The number of piperidine rings is 1. The molecule has 25 heavy (non-hydrogen) atoms. The highest BCUT2D eigenvalue weighted by Gasteiger charge is 2.50. The molecule has 134 valence electrons. The van der Waals surface area contributed by atoms with E-state index in [2.05, 4.69) is 11.4 Å². The zero-order valence-electron chi connectivity index (χ0n) is 14.5. The molecular formula is C19H24N2O4. The van der Waals surface area contributed by atoms with Crippen molar-refractivity contribution in [1.82, 2.24) is 10.2 Å². The fraction of sp³-hybridized carbons (Fsp3) is 0.474. The van der Waals surface area contributed by atoms with E-state index in [1.165, 1.54) is 5.57 Å². The summed E-state index contributed by atoms with van der Waals surface area (Å²) in [5, 5.41) is 12.6. The lowest BCUT2D eigenvalue weighted by molar-refractivity contribution is -0.159. The maximum Gasteiger partial charge on any atom is 0.320 e. The number of methoxy groups -OCH3 is 1. The lowest BCUT2D eigenvalue weighted by Crippen LogP contribution is -2.51. The first-order chi connectivity index (χ1) is 12.0. The molecular weight excluding hydrogens is 320 g/mol. The van der Waals surface area contributed by atoms with Crippen LogP contribution in [0.3, 0.4) is 0 Å². The molecule has 0 aliphatic carbocycles. The second-order valence-corrected chi connectivity index (χ2v) is 6.69. The van der Waals surface area contributed by atoms with Crippen LogP contribution in [-0.4, -0.2) is 55.2 Å². The van der Waals surface area contributed by atoms with E-state index < -0.39 is 11.4 Å². The number of likely N-dealkylation sites (tertiary alicyclic amines) is 1. The van der Waals surface area contributed by atoms with Gasteiger partial charge in [-0.15, -0.1) is 0 Å². The standard InChI is InChI=1S/C19H24N2O4/c1-25-16-4-2-3-15(12-16)11-14-5-9-21(10-6-14)17(22)19(18(23)24)7-8-20-13-19/h2-4,11-12,20H,5-10,13H2,1H3,(H,23,24). The fourth-order valence-electron chi connectivity index (χ4n) is 3.56. The average molecular weight is 344 g/mol. The van der Waals surface area contributed by atoms with Gasteiger partial charge in [0.05, 0.1) is 7.11 Å². The van der Waals surface area contributed by atoms with Crippen LogP contribution >= 0.6 is 0 Å². The molecule has 6 heteroatoms. The van der Waals surface area contributed by atoms with Gasteiger partial charge in [0, 0.05) is 19.6 Å². The molecule has 0 bridgehead atoms. The molecule has 0 spiro atoms. The maximum atomic E-state index is 12.8. The summed E-state index contributed by atoms with van der Waals surface area (Å²) >= 11 is 0. The number of carbonyl (C=O) groups is 2. The fourth-order valence-corrected chi connectivity index (χ4v) is 3.56. The lowest BCUT2D eigenvalue weighted by atomic mass is 9.84. The number of hydrogen-bond donors (Lipinski definition) is 2. The Kier molecular flexibility index (Phi) is 5.08. The topological polar surface area (TPSA) is 78.9 Å². The van der Waals surface area contributed by atoms with Crippen molar-refractivity contribution in [3.8, 4) is 5.75 Å². The second-order valence-electron chi connectivity index (χ2n) is 6.69. The molecule has 6 nitrogen and oxygen atoms in total. The van der Waals surface area contributed by atoms with Crippen LogP contribution in [0.2, 0.25) is 0 Å². The van der Waals surface area contributed by atoms with Crippen molar-refractivity contribution in [2.75, 3.05) is 33.3 Å². The Labute approximate surface area is 147 Å². The van der Waals surface area contributed by atoms with Crippen LogP contribution in [0.25, 0.3) is 6.08 Å². The van der Waals surface area contributed by atoms with E-state index in [0.717, 1.165) is 24.2 Å². The molecule has 0 saturated carbocycles. The number of carboxylic acid groups (broad SMARTS) is 1. The average Bonchev–Trinajstić information content (AvgIpc) is 3.13. The van der Waals surface area contributed by atoms with Crippen molar-refractivity contribution in [2.24, 2.45) is 5.41 Å². The molecule has 1 atom stereocenters. The minimum Gasteiger partial charge on any atom is -0.497 e. The number of rotatable bonds is 4. The Morgan fingerprint density at radius 2 is 2.08 bits per heavy atom. The summed E-state index contributed by atoms with van der Waals surface area (Å²) in [7, 11) is 1.65. The molecule has 1 aromatic rings. The second kappa shape index (κ2) is 7.27. The maximum absolute atomic E-state index is 12.8. The number of carbonyl (C=O) groups excluding carboxylic acids is 1. The van der Waals surface area contributed by atoms with Gasteiger partial charge in [-0.1, -0.05) is 23.8 Å². The monoisotopic (exact) mass is 344 g/mol. The van der Waals surface area contributed by atoms with Crippen LogP contribution in [0.1, 0.15) is 24.8 Å². The van der Waals surface area contributed by atoms with E-state index in [-0.39, 0.29) is 12.5 Å². The molecule has 2 N–H and O–H groups in total. The molecule has 2 heterocycles. The lowest BCUT2D eigenvalue weighted by Gasteiger charge is -2.34. The first-order valence-electron chi connectivity index (χ1n) is 8.62. The normalized spacial score (nSPS) is 23.4. The Balaban J connectivity index is 1.66. The molecule has 1 amide bonds. The highest BCUT2D eigenvalue weighted by molar-refractivity contribution is 6.02. The van der Waals surface area contributed by atoms with Gasteiger partial charge >= 0.3 is 5.97 Å². The van der Waals surface area contributed by atoms with Crippen LogP contribution in [0.15, 0.2) is 29.8 Å². The Bertz CT molecular complexity index is 682. The van der Waals surface area contributed by atoms with E-state index in [1.807, 2.05) is 24.3 Å². The zero-order chi connectivity index (χ0) is 17.9. The van der Waals surface area contributed by atoms with Gasteiger partial charge in [0.1, 0.15) is 5.75 Å². The minimum atomic E-state index is -1.28. The summed E-state index contributed by atoms with van der Waals surface area (Å²) in [6.07, 6.45) is 4.04. The minimum absolute atomic E-state index is 0.226. The largest absolute Gasteiger partial charge is 0.497 e. The van der Waals surface area contributed by atoms with Gasteiger partial charge in [-0.25, -0.2) is 0 Å². The van der Waals surface area contributed by atoms with E-state index >= 15 is 0 Å². The number of aliphatic carboxylic acids is 1. The summed E-state index contributed by atoms with van der Waals surface area (Å²) in [4.78, 5) is 26.2. The van der Waals surface area contributed by atoms with E-state index in [9.17, 15) is 14.7 Å². The third-order valence-corrected chi connectivity index (χ3v) is 5.13. The quantitative estimate of drug-likeness (QED) is 0.814. The zero-order valence-corrected chi connectivity index (χ0v) is 14.5. The molecule has 0 radical (unpaired) electrons. The smallest absolute Gasteiger partial charge is 0.320 e. The number of ether oxygens (including phenoxy) is 1. The Morgan fingerprint density at radius 1 is 1.32 bits per heavy atom. The van der Waals surface area contributed by atoms with Crippen LogP contribution in [0.4, 0.5) is 0 Å². The predicted octanol–water partition coefficient (Wildman–Crippen LogP) is 1.77. The highest BCUT2D eigenvalue weighted by Crippen LogP contribution is 2.31. The van der Waals surface area contributed by atoms with Crippen molar-refractivity contribution < 1.29 is 19.4 Å². The molecule has 1 unspecified atom stereocenters. The predicted molar refractivity (Wildman–Crippen MR) is 94.3 cm³/mol. The summed E-state index contributed by atoms with van der Waals surface area (Å²) in [6.45, 7) is 1.95. The van der Waals surface area contributed by atoms with Crippen molar-refractivity contribution in [3.63, 3.8) is 0 Å². The molecule has 2 aliphatic rings. The summed E-state index contributed by atoms with van der Waals surface area (Å²) in [6, 6.07) is 7.86. The van der Waals surface area contributed by atoms with Gasteiger partial charge in [-0.2, -0.15) is 0 Å². The molecule has 1 aromatic carbocycles. The number of hydrogen-bond acceptors (Lipinski definition) is 4. The van der Waals surface area contributed by atoms with Gasteiger partial charge in [0.15, 0.2) is 5.41 Å². The van der Waals surface area contributed by atoms with Crippen molar-refractivity contribution >= 4 is 18.0 Å². The number of nitrogens with one attached hydrogen (secondary N) is 1. The SMILES string of the molecule is COc1cccc(C=C2CCN(C(=O)C3(C(=O)O)CCNC3)CC2)c1. The molecule has 3 rings (SSSR count). The number of amides is 1. The third-order valence-electron chi connectivity index (χ3n) is 5.13. The van der Waals surface area contributed by atoms with Crippen molar-refractivity contribution in [1.29, 1.82) is 0 Å². The third kappa shape index (κ3) is 3.54. The van der Waals surface area contributed by atoms with Crippen molar-refractivity contribution in [3.05, 3.63) is 35.4 Å². The van der Waals surface area contributed by atoms with Crippen molar-refractivity contribution in [2.45, 2.75) is 19.3 Å². The van der Waals surface area contributed by atoms with Gasteiger partial charge in [-0.05, 0) is 43.5 Å². The Morgan fingerprint density at radius 3 is 2.68 bits per heavy atom. The molecule has 2 aliphatic heterocycles.